The van der Waals surface area contributed by atoms with Crippen LogP contribution in [0, 0.1) is 0 Å². The smallest absolute Gasteiger partial charge is 0.286 e. The molecular formula is C16H18ClN5O3. The van der Waals surface area contributed by atoms with Gasteiger partial charge in [0.25, 0.3) is 11.5 Å². The first kappa shape index (κ1) is 17.4. The van der Waals surface area contributed by atoms with Gasteiger partial charge in [-0.15, -0.1) is 16.4 Å². The molecule has 0 saturated carbocycles. The fourth-order valence-corrected chi connectivity index (χ4v) is 2.63. The summed E-state index contributed by atoms with van der Waals surface area (Å²) >= 11 is 5.72. The summed E-state index contributed by atoms with van der Waals surface area (Å²) in [5.41, 5.74) is 3.48. The number of amides is 1. The maximum absolute atomic E-state index is 12.5. The average Bonchev–Trinajstić information content (AvgIpc) is 2.64. The summed E-state index contributed by atoms with van der Waals surface area (Å²) in [6, 6.07) is 6.25. The van der Waals surface area contributed by atoms with E-state index in [4.69, 9.17) is 16.3 Å². The summed E-state index contributed by atoms with van der Waals surface area (Å²) in [5, 5.41) is 4.06. The van der Waals surface area contributed by atoms with Crippen molar-refractivity contribution >= 4 is 23.3 Å². The van der Waals surface area contributed by atoms with Crippen LogP contribution in [-0.4, -0.2) is 51.5 Å². The lowest BCUT2D eigenvalue weighted by Gasteiger charge is -2.33. The zero-order valence-electron chi connectivity index (χ0n) is 13.7. The first-order chi connectivity index (χ1) is 12.1. The van der Waals surface area contributed by atoms with E-state index in [0.717, 1.165) is 4.79 Å². The molecule has 1 fully saturated rings. The predicted octanol–water partition coefficient (Wildman–Crippen LogP) is 1.11. The molecular weight excluding hydrogens is 346 g/mol. The topological polar surface area (TPSA) is 89.4 Å². The van der Waals surface area contributed by atoms with E-state index in [9.17, 15) is 9.59 Å². The van der Waals surface area contributed by atoms with E-state index in [1.54, 1.807) is 23.1 Å². The van der Waals surface area contributed by atoms with Crippen molar-refractivity contribution in [2.75, 3.05) is 25.2 Å². The van der Waals surface area contributed by atoms with Gasteiger partial charge in [0.15, 0.2) is 0 Å². The van der Waals surface area contributed by atoms with Gasteiger partial charge in [0, 0.05) is 18.8 Å². The summed E-state index contributed by atoms with van der Waals surface area (Å²) < 4.78 is 5.35. The van der Waals surface area contributed by atoms with Gasteiger partial charge in [-0.2, -0.15) is 5.10 Å². The van der Waals surface area contributed by atoms with Crippen LogP contribution in [0.25, 0.3) is 0 Å². The van der Waals surface area contributed by atoms with E-state index in [2.05, 4.69) is 15.5 Å². The number of anilines is 1. The van der Waals surface area contributed by atoms with Gasteiger partial charge in [-0.05, 0) is 25.1 Å². The number of pyridine rings is 1. The monoisotopic (exact) mass is 363 g/mol. The molecule has 0 aromatic carbocycles. The van der Waals surface area contributed by atoms with Gasteiger partial charge in [-0.25, -0.2) is 4.98 Å². The summed E-state index contributed by atoms with van der Waals surface area (Å²) in [6.45, 7) is 3.58. The highest BCUT2D eigenvalue weighted by Crippen LogP contribution is 2.13. The van der Waals surface area contributed by atoms with E-state index in [0.29, 0.717) is 36.8 Å². The normalized spacial score (nSPS) is 17.4. The van der Waals surface area contributed by atoms with Gasteiger partial charge in [0.05, 0.1) is 36.4 Å². The number of nitrogens with one attached hydrogen (secondary N) is 1. The molecule has 25 heavy (non-hydrogen) atoms. The van der Waals surface area contributed by atoms with Crippen molar-refractivity contribution in [3.63, 3.8) is 0 Å². The molecule has 3 heterocycles. The number of halogens is 1. The number of ether oxygens (including phenoxy) is 1. The Bertz CT molecular complexity index is 808. The molecule has 9 heteroatoms. The molecule has 132 valence electrons. The Labute approximate surface area is 149 Å². The van der Waals surface area contributed by atoms with Crippen LogP contribution in [0.15, 0.2) is 35.3 Å². The molecule has 3 rings (SSSR count). The summed E-state index contributed by atoms with van der Waals surface area (Å²) in [5.74, 6) is 0.503. The molecule has 0 radical (unpaired) electrons. The van der Waals surface area contributed by atoms with Gasteiger partial charge in [-0.1, -0.05) is 0 Å². The number of hydrogen-bond donors (Lipinski definition) is 1. The Hall–Kier alpha value is -2.45. The van der Waals surface area contributed by atoms with Crippen LogP contribution in [0.5, 0.6) is 0 Å². The lowest BCUT2D eigenvalue weighted by Crippen LogP contribution is -2.47. The van der Waals surface area contributed by atoms with Crippen LogP contribution in [0.4, 0.5) is 5.82 Å². The Balaban J connectivity index is 1.74. The van der Waals surface area contributed by atoms with Crippen molar-refractivity contribution in [2.45, 2.75) is 18.8 Å². The number of nitrogens with zero attached hydrogens (tertiary/aromatic N) is 4. The number of alkyl halides is 1. The summed E-state index contributed by atoms with van der Waals surface area (Å²) in [7, 11) is 0. The molecule has 2 aromatic heterocycles. The third-order valence-corrected chi connectivity index (χ3v) is 4.13. The quantitative estimate of drug-likeness (QED) is 0.819. The first-order valence-corrected chi connectivity index (χ1v) is 8.39. The number of carbonyl (C=O) groups is 1. The van der Waals surface area contributed by atoms with E-state index < -0.39 is 0 Å². The van der Waals surface area contributed by atoms with E-state index in [1.165, 1.54) is 12.3 Å². The molecule has 1 saturated heterocycles. The number of aromatic nitrogens is 3. The summed E-state index contributed by atoms with van der Waals surface area (Å²) in [4.78, 5) is 31.4. The predicted molar refractivity (Wildman–Crippen MR) is 92.6 cm³/mol. The van der Waals surface area contributed by atoms with Crippen LogP contribution < -0.4 is 11.0 Å². The second-order valence-electron chi connectivity index (χ2n) is 5.67. The van der Waals surface area contributed by atoms with Crippen LogP contribution in [0.3, 0.4) is 0 Å². The van der Waals surface area contributed by atoms with Gasteiger partial charge in [0.1, 0.15) is 5.82 Å². The molecule has 1 aliphatic heterocycles. The standard InChI is InChI=1S/C16H18ClN5O3/c1-11-10-25-7-6-21(11)16(24)12-2-4-14(18-9-12)20-22-15(23)5-3-13(8-17)19-22/h2-5,9,11H,6-8,10H2,1H3,(H,18,20)/t11-/m1/s1. The van der Waals surface area contributed by atoms with E-state index >= 15 is 0 Å². The van der Waals surface area contributed by atoms with Gasteiger partial charge in [-0.3, -0.25) is 15.0 Å². The lowest BCUT2D eigenvalue weighted by molar-refractivity contribution is 0.00357. The Morgan fingerprint density at radius 1 is 1.40 bits per heavy atom. The fraction of sp³-hybridized carbons (Fsp3) is 0.375. The van der Waals surface area contributed by atoms with Crippen LogP contribution in [0.2, 0.25) is 0 Å². The van der Waals surface area contributed by atoms with Crippen LogP contribution in [0.1, 0.15) is 23.0 Å². The maximum atomic E-state index is 12.5. The highest BCUT2D eigenvalue weighted by molar-refractivity contribution is 6.16. The van der Waals surface area contributed by atoms with Crippen molar-refractivity contribution < 1.29 is 9.53 Å². The van der Waals surface area contributed by atoms with Crippen molar-refractivity contribution in [1.29, 1.82) is 0 Å². The number of carbonyl (C=O) groups excluding carboxylic acids is 1. The van der Waals surface area contributed by atoms with Crippen molar-refractivity contribution in [3.05, 3.63) is 52.1 Å². The molecule has 1 atom stereocenters. The van der Waals surface area contributed by atoms with Gasteiger partial charge < -0.3 is 9.64 Å². The van der Waals surface area contributed by atoms with Crippen molar-refractivity contribution in [3.8, 4) is 0 Å². The Kier molecular flexibility index (Phi) is 5.30. The minimum atomic E-state index is -0.335. The van der Waals surface area contributed by atoms with Gasteiger partial charge in [0.2, 0.25) is 0 Å². The van der Waals surface area contributed by atoms with Crippen LogP contribution in [-0.2, 0) is 10.6 Å². The number of rotatable bonds is 4. The molecule has 8 nitrogen and oxygen atoms in total. The highest BCUT2D eigenvalue weighted by Gasteiger charge is 2.24. The fourth-order valence-electron chi connectivity index (χ4n) is 2.49. The minimum absolute atomic E-state index is 0.0279. The molecule has 1 aliphatic rings. The summed E-state index contributed by atoms with van der Waals surface area (Å²) in [6.07, 6.45) is 1.48. The Morgan fingerprint density at radius 2 is 2.24 bits per heavy atom. The van der Waals surface area contributed by atoms with E-state index in [1.807, 2.05) is 6.92 Å². The molecule has 0 bridgehead atoms. The SMILES string of the molecule is C[C@@H]1COCCN1C(=O)c1ccc(Nn2nc(CCl)ccc2=O)nc1. The molecule has 2 aromatic rings. The zero-order valence-corrected chi connectivity index (χ0v) is 14.4. The molecule has 1 amide bonds. The zero-order chi connectivity index (χ0) is 17.8. The third-order valence-electron chi connectivity index (χ3n) is 3.85. The largest absolute Gasteiger partial charge is 0.377 e. The lowest BCUT2D eigenvalue weighted by atomic mass is 10.2. The Morgan fingerprint density at radius 3 is 2.92 bits per heavy atom. The van der Waals surface area contributed by atoms with Crippen molar-refractivity contribution in [2.24, 2.45) is 0 Å². The second-order valence-corrected chi connectivity index (χ2v) is 5.94. The second kappa shape index (κ2) is 7.62. The average molecular weight is 364 g/mol. The van der Waals surface area contributed by atoms with E-state index in [-0.39, 0.29) is 23.4 Å². The maximum Gasteiger partial charge on any atom is 0.286 e. The molecule has 0 spiro atoms. The number of morpholine rings is 1. The van der Waals surface area contributed by atoms with Crippen molar-refractivity contribution in [1.82, 2.24) is 19.8 Å². The van der Waals surface area contributed by atoms with Gasteiger partial charge >= 0.3 is 0 Å². The molecule has 0 aliphatic carbocycles. The highest BCUT2D eigenvalue weighted by atomic mass is 35.5. The minimum Gasteiger partial charge on any atom is -0.377 e. The first-order valence-electron chi connectivity index (χ1n) is 7.85. The molecule has 0 unspecified atom stereocenters. The third kappa shape index (κ3) is 3.97. The molecule has 1 N–H and O–H groups in total. The number of hydrogen-bond acceptors (Lipinski definition) is 6. The van der Waals surface area contributed by atoms with Crippen LogP contribution >= 0.6 is 11.6 Å².